The van der Waals surface area contributed by atoms with Crippen LogP contribution in [-0.4, -0.2) is 9.67 Å². The summed E-state index contributed by atoms with van der Waals surface area (Å²) in [5.41, 5.74) is 5.99. The van der Waals surface area contributed by atoms with Gasteiger partial charge in [0.25, 0.3) is 0 Å². The molecule has 2 aromatic rings. The van der Waals surface area contributed by atoms with E-state index in [0.29, 0.717) is 0 Å². The summed E-state index contributed by atoms with van der Waals surface area (Å²) >= 11 is 0. The Morgan fingerprint density at radius 2 is 1.87 bits per heavy atom. The summed E-state index contributed by atoms with van der Waals surface area (Å²) < 4.78 is 2.09. The van der Waals surface area contributed by atoms with Crippen molar-refractivity contribution in [1.29, 1.82) is 0 Å². The fourth-order valence-corrected chi connectivity index (χ4v) is 2.46. The summed E-state index contributed by atoms with van der Waals surface area (Å²) in [6.45, 7) is 6.42. The minimum atomic E-state index is 0.107. The molecule has 0 aliphatic carbocycles. The summed E-state index contributed by atoms with van der Waals surface area (Å²) in [5, 5.41) is 10.6. The highest BCUT2D eigenvalue weighted by Gasteiger charge is 2.12. The van der Waals surface area contributed by atoms with Crippen LogP contribution in [0.2, 0.25) is 0 Å². The summed E-state index contributed by atoms with van der Waals surface area (Å²) in [6, 6.07) is 4.37. The van der Waals surface area contributed by atoms with Crippen LogP contribution >= 0.6 is 0 Å². The third-order valence-corrected chi connectivity index (χ3v) is 3.18. The molecule has 0 fully saturated rings. The van der Waals surface area contributed by atoms with Gasteiger partial charge < -0.3 is 9.67 Å². The Hall–Kier alpha value is -1.28. The molecule has 0 radical (unpaired) electrons. The van der Waals surface area contributed by atoms with Crippen molar-refractivity contribution in [3.05, 3.63) is 34.5 Å². The maximum absolute atomic E-state index is 9.34. The Balaban J connectivity index is 2.95. The molecule has 1 aromatic carbocycles. The zero-order valence-corrected chi connectivity index (χ0v) is 9.76. The third kappa shape index (κ3) is 1.37. The second kappa shape index (κ2) is 3.38. The highest BCUT2D eigenvalue weighted by atomic mass is 16.3. The quantitative estimate of drug-likeness (QED) is 0.757. The molecular weight excluding hydrogens is 186 g/mol. The monoisotopic (exact) mass is 203 g/mol. The lowest BCUT2D eigenvalue weighted by Crippen LogP contribution is -1.96. The summed E-state index contributed by atoms with van der Waals surface area (Å²) in [7, 11) is 2.01. The molecular formula is C13H17NO. The van der Waals surface area contributed by atoms with Crippen molar-refractivity contribution >= 4 is 10.9 Å². The maximum Gasteiger partial charge on any atom is 0.0835 e. The van der Waals surface area contributed by atoms with Gasteiger partial charge in [0.1, 0.15) is 0 Å². The molecule has 0 aliphatic heterocycles. The second-order valence-corrected chi connectivity index (χ2v) is 4.26. The first-order chi connectivity index (χ1) is 7.06. The van der Waals surface area contributed by atoms with E-state index in [1.807, 2.05) is 7.05 Å². The lowest BCUT2D eigenvalue weighted by molar-refractivity contribution is 0.272. The van der Waals surface area contributed by atoms with Crippen LogP contribution in [0.4, 0.5) is 0 Å². The van der Waals surface area contributed by atoms with E-state index in [2.05, 4.69) is 37.5 Å². The molecule has 0 amide bonds. The van der Waals surface area contributed by atoms with Gasteiger partial charge in [-0.2, -0.15) is 0 Å². The van der Waals surface area contributed by atoms with Gasteiger partial charge in [0, 0.05) is 23.6 Å². The Labute approximate surface area is 90.2 Å². The van der Waals surface area contributed by atoms with E-state index in [9.17, 15) is 5.11 Å². The van der Waals surface area contributed by atoms with Gasteiger partial charge in [-0.3, -0.25) is 0 Å². The van der Waals surface area contributed by atoms with Crippen LogP contribution in [0.1, 0.15) is 22.4 Å². The number of fused-ring (bicyclic) bond motifs is 1. The van der Waals surface area contributed by atoms with E-state index in [1.165, 1.54) is 27.6 Å². The van der Waals surface area contributed by atoms with E-state index in [4.69, 9.17) is 0 Å². The summed E-state index contributed by atoms with van der Waals surface area (Å²) in [5.74, 6) is 0. The first-order valence-electron chi connectivity index (χ1n) is 5.22. The van der Waals surface area contributed by atoms with Crippen molar-refractivity contribution in [3.8, 4) is 0 Å². The van der Waals surface area contributed by atoms with Crippen LogP contribution in [0, 0.1) is 20.8 Å². The van der Waals surface area contributed by atoms with Crippen LogP contribution in [0.25, 0.3) is 10.9 Å². The Kier molecular flexibility index (Phi) is 2.31. The van der Waals surface area contributed by atoms with E-state index >= 15 is 0 Å². The predicted molar refractivity (Wildman–Crippen MR) is 63.1 cm³/mol. The Morgan fingerprint density at radius 1 is 1.20 bits per heavy atom. The Bertz CT molecular complexity index is 523. The van der Waals surface area contributed by atoms with Crippen molar-refractivity contribution in [3.63, 3.8) is 0 Å². The molecule has 0 unspecified atom stereocenters. The zero-order chi connectivity index (χ0) is 11.2. The van der Waals surface area contributed by atoms with E-state index in [1.54, 1.807) is 0 Å². The normalized spacial score (nSPS) is 11.3. The van der Waals surface area contributed by atoms with Crippen molar-refractivity contribution < 1.29 is 5.11 Å². The second-order valence-electron chi connectivity index (χ2n) is 4.26. The number of benzene rings is 1. The SMILES string of the molecule is Cc1cc(C)c2c(C)c(CO)n(C)c2c1. The average molecular weight is 203 g/mol. The van der Waals surface area contributed by atoms with Gasteiger partial charge in [-0.1, -0.05) is 6.07 Å². The fraction of sp³-hybridized carbons (Fsp3) is 0.385. The fourth-order valence-electron chi connectivity index (χ4n) is 2.46. The molecule has 1 heterocycles. The smallest absolute Gasteiger partial charge is 0.0835 e. The predicted octanol–water partition coefficient (Wildman–Crippen LogP) is 2.60. The number of hydrogen-bond acceptors (Lipinski definition) is 1. The molecule has 1 N–H and O–H groups in total. The summed E-state index contributed by atoms with van der Waals surface area (Å²) in [6.07, 6.45) is 0. The van der Waals surface area contributed by atoms with E-state index < -0.39 is 0 Å². The van der Waals surface area contributed by atoms with Gasteiger partial charge in [0.15, 0.2) is 0 Å². The van der Waals surface area contributed by atoms with E-state index in [0.717, 1.165) is 5.69 Å². The molecule has 0 aliphatic rings. The van der Waals surface area contributed by atoms with Crippen LogP contribution < -0.4 is 0 Å². The molecule has 15 heavy (non-hydrogen) atoms. The van der Waals surface area contributed by atoms with Gasteiger partial charge in [-0.15, -0.1) is 0 Å². The van der Waals surface area contributed by atoms with Crippen LogP contribution in [0.15, 0.2) is 12.1 Å². The molecule has 80 valence electrons. The van der Waals surface area contributed by atoms with Crippen molar-refractivity contribution in [2.45, 2.75) is 27.4 Å². The molecule has 0 saturated carbocycles. The number of rotatable bonds is 1. The number of nitrogens with zero attached hydrogens (tertiary/aromatic N) is 1. The molecule has 1 aromatic heterocycles. The standard InChI is InChI=1S/C13H17NO/c1-8-5-9(2)13-10(3)12(7-15)14(4)11(13)6-8/h5-6,15H,7H2,1-4H3. The number of aliphatic hydroxyl groups excluding tert-OH is 1. The van der Waals surface area contributed by atoms with Crippen LogP contribution in [0.3, 0.4) is 0 Å². The maximum atomic E-state index is 9.34. The largest absolute Gasteiger partial charge is 0.390 e. The minimum Gasteiger partial charge on any atom is -0.390 e. The lowest BCUT2D eigenvalue weighted by atomic mass is 10.0. The molecule has 0 spiro atoms. The first kappa shape index (κ1) is 10.2. The first-order valence-corrected chi connectivity index (χ1v) is 5.22. The van der Waals surface area contributed by atoms with Gasteiger partial charge in [0.05, 0.1) is 6.61 Å². The number of aromatic nitrogens is 1. The molecule has 0 saturated heterocycles. The number of aryl methyl sites for hydroxylation is 4. The third-order valence-electron chi connectivity index (χ3n) is 3.18. The van der Waals surface area contributed by atoms with Crippen LogP contribution in [-0.2, 0) is 13.7 Å². The van der Waals surface area contributed by atoms with Crippen molar-refractivity contribution in [2.75, 3.05) is 0 Å². The molecule has 2 rings (SSSR count). The molecule has 0 bridgehead atoms. The van der Waals surface area contributed by atoms with Crippen molar-refractivity contribution in [1.82, 2.24) is 4.57 Å². The van der Waals surface area contributed by atoms with E-state index in [-0.39, 0.29) is 6.61 Å². The average Bonchev–Trinajstić information content (AvgIpc) is 2.39. The highest BCUT2D eigenvalue weighted by molar-refractivity contribution is 5.89. The van der Waals surface area contributed by atoms with Gasteiger partial charge in [0.2, 0.25) is 0 Å². The van der Waals surface area contributed by atoms with Crippen LogP contribution in [0.5, 0.6) is 0 Å². The van der Waals surface area contributed by atoms with Gasteiger partial charge >= 0.3 is 0 Å². The van der Waals surface area contributed by atoms with Gasteiger partial charge in [-0.05, 0) is 43.5 Å². The lowest BCUT2D eigenvalue weighted by Gasteiger charge is -2.02. The molecule has 2 heteroatoms. The van der Waals surface area contributed by atoms with Gasteiger partial charge in [-0.25, -0.2) is 0 Å². The number of aliphatic hydroxyl groups is 1. The topological polar surface area (TPSA) is 25.2 Å². The minimum absolute atomic E-state index is 0.107. The highest BCUT2D eigenvalue weighted by Crippen LogP contribution is 2.28. The summed E-state index contributed by atoms with van der Waals surface area (Å²) in [4.78, 5) is 0. The Morgan fingerprint density at radius 3 is 2.47 bits per heavy atom. The number of hydrogen-bond donors (Lipinski definition) is 1. The van der Waals surface area contributed by atoms with Crippen molar-refractivity contribution in [2.24, 2.45) is 7.05 Å². The zero-order valence-electron chi connectivity index (χ0n) is 9.76. The molecule has 0 atom stereocenters. The molecule has 2 nitrogen and oxygen atoms in total.